The maximum absolute atomic E-state index is 14.6. The third kappa shape index (κ3) is 5.24. The van der Waals surface area contributed by atoms with Crippen molar-refractivity contribution in [1.29, 1.82) is 0 Å². The van der Waals surface area contributed by atoms with E-state index in [2.05, 4.69) is 10.3 Å². The number of ether oxygens (including phenoxy) is 3. The molecule has 192 valence electrons. The first-order valence-corrected chi connectivity index (χ1v) is 10.7. The van der Waals surface area contributed by atoms with Crippen LogP contribution in [0.4, 0.5) is 27.6 Å². The Morgan fingerprint density at radius 1 is 1.29 bits per heavy atom. The molecule has 1 aromatic carbocycles. The average molecular weight is 504 g/mol. The second-order valence-corrected chi connectivity index (χ2v) is 8.27. The highest BCUT2D eigenvalue weighted by Crippen LogP contribution is 2.55. The third-order valence-corrected chi connectivity index (χ3v) is 6.08. The first kappa shape index (κ1) is 26.8. The number of benzene rings is 1. The van der Waals surface area contributed by atoms with Gasteiger partial charge in [-0.05, 0) is 25.1 Å². The fraction of sp³-hybridized carbons (Fsp3) is 0.478. The lowest BCUT2D eigenvalue weighted by Gasteiger charge is -2.32. The zero-order valence-electron chi connectivity index (χ0n) is 19.2. The maximum atomic E-state index is 14.6. The molecule has 12 heteroatoms. The summed E-state index contributed by atoms with van der Waals surface area (Å²) in [4.78, 5) is 17.3. The van der Waals surface area contributed by atoms with Gasteiger partial charge >= 0.3 is 6.18 Å². The monoisotopic (exact) mass is 504 g/mol. The van der Waals surface area contributed by atoms with Crippen LogP contribution in [-0.4, -0.2) is 54.2 Å². The predicted molar refractivity (Wildman–Crippen MR) is 114 cm³/mol. The van der Waals surface area contributed by atoms with Crippen molar-refractivity contribution >= 4 is 11.6 Å². The number of carbonyl (C=O) groups excluding carboxylic acids is 1. The van der Waals surface area contributed by atoms with Crippen molar-refractivity contribution in [2.75, 3.05) is 25.6 Å². The topological polar surface area (TPSA) is 89.9 Å². The quantitative estimate of drug-likeness (QED) is 0.530. The zero-order chi connectivity index (χ0) is 26.0. The summed E-state index contributed by atoms with van der Waals surface area (Å²) in [5.74, 6) is -7.12. The fourth-order valence-corrected chi connectivity index (χ4v) is 4.12. The largest absolute Gasteiger partial charge is 0.488 e. The van der Waals surface area contributed by atoms with Crippen LogP contribution in [0.1, 0.15) is 31.0 Å². The Labute approximate surface area is 198 Å². The lowest BCUT2D eigenvalue weighted by Crippen LogP contribution is -2.47. The summed E-state index contributed by atoms with van der Waals surface area (Å²) in [5.41, 5.74) is -2.27. The van der Waals surface area contributed by atoms with Crippen molar-refractivity contribution in [2.45, 2.75) is 44.3 Å². The van der Waals surface area contributed by atoms with E-state index in [1.165, 1.54) is 32.4 Å². The number of anilines is 1. The molecular formula is C23H25F5N2O5. The number of halogens is 5. The summed E-state index contributed by atoms with van der Waals surface area (Å²) >= 11 is 0. The van der Waals surface area contributed by atoms with Crippen molar-refractivity contribution < 1.29 is 46.1 Å². The molecule has 0 saturated carbocycles. The first-order valence-electron chi connectivity index (χ1n) is 10.7. The molecule has 0 bridgehead atoms. The number of carbonyl (C=O) groups is 1. The van der Waals surface area contributed by atoms with Crippen LogP contribution < -0.4 is 10.1 Å². The number of pyridine rings is 1. The summed E-state index contributed by atoms with van der Waals surface area (Å²) in [6, 6.07) is 4.70. The molecule has 7 nitrogen and oxygen atoms in total. The molecule has 0 radical (unpaired) electrons. The number of aliphatic hydroxyl groups excluding tert-OH is 1. The normalized spacial score (nSPS) is 24.4. The van der Waals surface area contributed by atoms with E-state index in [-0.39, 0.29) is 17.9 Å². The van der Waals surface area contributed by atoms with Gasteiger partial charge in [-0.15, -0.1) is 0 Å². The SMILES string of the molecule is COCc1cc(NC(=O)[C@@H]2O[C@@](C)(C(F)(F)F)[C@@H](C)[C@H]2c2ccc(F)c(F)c2OCCO)ccn1. The van der Waals surface area contributed by atoms with Crippen LogP contribution in [0.25, 0.3) is 0 Å². The molecule has 3 rings (SSSR count). The molecule has 35 heavy (non-hydrogen) atoms. The molecule has 1 aliphatic heterocycles. The van der Waals surface area contributed by atoms with E-state index >= 15 is 0 Å². The van der Waals surface area contributed by atoms with Gasteiger partial charge in [0.05, 0.1) is 18.9 Å². The lowest BCUT2D eigenvalue weighted by atomic mass is 9.77. The van der Waals surface area contributed by atoms with Crippen LogP contribution >= 0.6 is 0 Å². The average Bonchev–Trinajstić information content (AvgIpc) is 3.07. The van der Waals surface area contributed by atoms with Gasteiger partial charge in [0.15, 0.2) is 17.2 Å². The van der Waals surface area contributed by atoms with Gasteiger partial charge < -0.3 is 24.6 Å². The Bertz CT molecular complexity index is 1070. The Morgan fingerprint density at radius 2 is 2.00 bits per heavy atom. The molecule has 2 aromatic rings. The smallest absolute Gasteiger partial charge is 0.417 e. The molecule has 2 heterocycles. The molecule has 1 saturated heterocycles. The van der Waals surface area contributed by atoms with Gasteiger partial charge in [-0.2, -0.15) is 17.6 Å². The standard InChI is InChI=1S/C23H25F5N2O5/c1-12-17(15-4-5-16(24)18(25)19(15)34-9-8-31)20(35-22(12,2)23(26,27)28)21(32)30-13-6-7-29-14(10-13)11-33-3/h4-7,10,12,17,20,31H,8-9,11H2,1-3H3,(H,29,30,32)/t12-,17-,20+,22+/m0/s1. The van der Waals surface area contributed by atoms with Gasteiger partial charge in [-0.3, -0.25) is 9.78 Å². The highest BCUT2D eigenvalue weighted by molar-refractivity contribution is 5.95. The van der Waals surface area contributed by atoms with E-state index in [0.29, 0.717) is 5.69 Å². The van der Waals surface area contributed by atoms with Gasteiger partial charge in [-0.1, -0.05) is 13.0 Å². The van der Waals surface area contributed by atoms with Crippen molar-refractivity contribution in [3.8, 4) is 5.75 Å². The number of rotatable bonds is 8. The van der Waals surface area contributed by atoms with Crippen molar-refractivity contribution in [1.82, 2.24) is 4.98 Å². The van der Waals surface area contributed by atoms with Crippen molar-refractivity contribution in [3.63, 3.8) is 0 Å². The summed E-state index contributed by atoms with van der Waals surface area (Å²) < 4.78 is 86.2. The van der Waals surface area contributed by atoms with Gasteiger partial charge in [0.1, 0.15) is 12.7 Å². The Hall–Kier alpha value is -2.83. The first-order chi connectivity index (χ1) is 16.4. The molecule has 1 amide bonds. The van der Waals surface area contributed by atoms with Gasteiger partial charge in [0, 0.05) is 36.4 Å². The van der Waals surface area contributed by atoms with Gasteiger partial charge in [0.2, 0.25) is 5.82 Å². The summed E-state index contributed by atoms with van der Waals surface area (Å²) in [5, 5.41) is 11.6. The number of nitrogens with zero attached hydrogens (tertiary/aromatic N) is 1. The molecule has 1 fully saturated rings. The molecule has 0 unspecified atom stereocenters. The number of alkyl halides is 3. The zero-order valence-corrected chi connectivity index (χ0v) is 19.2. The van der Waals surface area contributed by atoms with Gasteiger partial charge in [-0.25, -0.2) is 4.39 Å². The van der Waals surface area contributed by atoms with Crippen LogP contribution in [0.3, 0.4) is 0 Å². The number of amides is 1. The highest BCUT2D eigenvalue weighted by atomic mass is 19.4. The molecule has 2 N–H and O–H groups in total. The summed E-state index contributed by atoms with van der Waals surface area (Å²) in [6.45, 7) is 1.15. The minimum absolute atomic E-state index is 0.135. The van der Waals surface area contributed by atoms with E-state index in [1.54, 1.807) is 0 Å². The molecule has 1 aromatic heterocycles. The molecule has 4 atom stereocenters. The number of hydrogen-bond donors (Lipinski definition) is 2. The number of hydrogen-bond acceptors (Lipinski definition) is 6. The Balaban J connectivity index is 2.06. The minimum Gasteiger partial charge on any atom is -0.488 e. The molecule has 0 aliphatic carbocycles. The third-order valence-electron chi connectivity index (χ3n) is 6.08. The van der Waals surface area contributed by atoms with E-state index in [9.17, 15) is 26.7 Å². The van der Waals surface area contributed by atoms with Crippen LogP contribution in [0.2, 0.25) is 0 Å². The fourth-order valence-electron chi connectivity index (χ4n) is 4.12. The summed E-state index contributed by atoms with van der Waals surface area (Å²) in [7, 11) is 1.45. The van der Waals surface area contributed by atoms with E-state index in [1.807, 2.05) is 0 Å². The molecule has 1 aliphatic rings. The van der Waals surface area contributed by atoms with Crippen LogP contribution in [0, 0.1) is 17.6 Å². The van der Waals surface area contributed by atoms with E-state index in [4.69, 9.17) is 19.3 Å². The number of aromatic nitrogens is 1. The van der Waals surface area contributed by atoms with Crippen LogP contribution in [-0.2, 0) is 20.9 Å². The van der Waals surface area contributed by atoms with E-state index in [0.717, 1.165) is 19.1 Å². The predicted octanol–water partition coefficient (Wildman–Crippen LogP) is 3.96. The van der Waals surface area contributed by atoms with Crippen molar-refractivity contribution in [3.05, 3.63) is 53.4 Å². The molecular weight excluding hydrogens is 479 g/mol. The van der Waals surface area contributed by atoms with Crippen LogP contribution in [0.15, 0.2) is 30.5 Å². The second kappa shape index (κ2) is 10.4. The summed E-state index contributed by atoms with van der Waals surface area (Å²) in [6.07, 6.45) is -5.24. The number of methoxy groups -OCH3 is 1. The Morgan fingerprint density at radius 3 is 2.63 bits per heavy atom. The number of nitrogens with one attached hydrogen (secondary N) is 1. The lowest BCUT2D eigenvalue weighted by molar-refractivity contribution is -0.272. The molecule has 0 spiro atoms. The highest BCUT2D eigenvalue weighted by Gasteiger charge is 2.65. The number of aliphatic hydroxyl groups is 1. The second-order valence-electron chi connectivity index (χ2n) is 8.27. The Kier molecular flexibility index (Phi) is 7.97. The van der Waals surface area contributed by atoms with Crippen molar-refractivity contribution in [2.24, 2.45) is 5.92 Å². The maximum Gasteiger partial charge on any atom is 0.417 e. The van der Waals surface area contributed by atoms with E-state index < -0.39 is 66.2 Å². The van der Waals surface area contributed by atoms with Gasteiger partial charge in [0.25, 0.3) is 5.91 Å². The van der Waals surface area contributed by atoms with Crippen LogP contribution in [0.5, 0.6) is 5.75 Å². The minimum atomic E-state index is -4.88.